The van der Waals surface area contributed by atoms with Crippen LogP contribution < -0.4 is 15.2 Å². The van der Waals surface area contributed by atoms with Gasteiger partial charge < -0.3 is 15.2 Å². The lowest BCUT2D eigenvalue weighted by Gasteiger charge is -2.47. The van der Waals surface area contributed by atoms with Gasteiger partial charge in [-0.05, 0) is 58.9 Å². The first kappa shape index (κ1) is 25.9. The quantitative estimate of drug-likeness (QED) is 0.536. The molecule has 0 aromatic heterocycles. The average Bonchev–Trinajstić information content (AvgIpc) is 2.91. The van der Waals surface area contributed by atoms with Gasteiger partial charge in [0.2, 0.25) is 0 Å². The van der Waals surface area contributed by atoms with E-state index in [1.807, 2.05) is 48.5 Å². The van der Waals surface area contributed by atoms with Gasteiger partial charge >= 0.3 is 0 Å². The minimum Gasteiger partial charge on any atom is -0.493 e. The third-order valence-corrected chi connectivity index (χ3v) is 7.89. The Morgan fingerprint density at radius 1 is 1.03 bits per heavy atom. The number of nitrogens with zero attached hydrogens (tertiary/aromatic N) is 3. The first-order valence-corrected chi connectivity index (χ1v) is 12.5. The highest BCUT2D eigenvalue weighted by Crippen LogP contribution is 2.58. The number of nitrogens with two attached hydrogens (primary N) is 1. The Balaban J connectivity index is 1.82. The monoisotopic (exact) mass is 492 g/mol. The largest absolute Gasteiger partial charge is 0.493 e. The number of methoxy groups -OCH3 is 1. The smallest absolute Gasteiger partial charge is 0.191 e. The minimum absolute atomic E-state index is 0.0286. The summed E-state index contributed by atoms with van der Waals surface area (Å²) in [6.45, 7) is 6.98. The van der Waals surface area contributed by atoms with Crippen LogP contribution in [-0.4, -0.2) is 7.11 Å². The second kappa shape index (κ2) is 10.0. The lowest BCUT2D eigenvalue weighted by atomic mass is 9.54. The van der Waals surface area contributed by atoms with Crippen molar-refractivity contribution >= 4 is 0 Å². The molecule has 0 saturated carbocycles. The van der Waals surface area contributed by atoms with Gasteiger partial charge in [0.1, 0.15) is 12.7 Å². The molecule has 0 fully saturated rings. The van der Waals surface area contributed by atoms with Crippen LogP contribution in [0.1, 0.15) is 50.7 Å². The van der Waals surface area contributed by atoms with Gasteiger partial charge in [-0.15, -0.1) is 0 Å². The summed E-state index contributed by atoms with van der Waals surface area (Å²) >= 11 is 0. The molecule has 2 aromatic rings. The van der Waals surface area contributed by atoms with Crippen molar-refractivity contribution in [1.29, 1.82) is 15.8 Å². The number of ether oxygens (including phenoxy) is 2. The molecular weight excluding hydrogens is 460 g/mol. The van der Waals surface area contributed by atoms with Gasteiger partial charge in [0, 0.05) is 5.92 Å². The molecule has 3 atom stereocenters. The topological polar surface area (TPSA) is 116 Å². The fraction of sp³-hybridized carbons (Fsp3) is 0.387. The number of benzene rings is 2. The predicted molar refractivity (Wildman–Crippen MR) is 141 cm³/mol. The molecule has 0 saturated heterocycles. The molecule has 0 heterocycles. The Morgan fingerprint density at radius 3 is 2.32 bits per heavy atom. The first-order chi connectivity index (χ1) is 17.7. The highest BCUT2D eigenvalue weighted by molar-refractivity contribution is 5.60. The summed E-state index contributed by atoms with van der Waals surface area (Å²) in [6, 6.07) is 22.0. The molecule has 0 unspecified atom stereocenters. The number of hydrogen-bond acceptors (Lipinski definition) is 6. The molecule has 2 N–H and O–H groups in total. The van der Waals surface area contributed by atoms with E-state index in [1.54, 1.807) is 7.11 Å². The highest BCUT2D eigenvalue weighted by atomic mass is 16.5. The Labute approximate surface area is 219 Å². The maximum Gasteiger partial charge on any atom is 0.191 e. The van der Waals surface area contributed by atoms with E-state index in [-0.39, 0.29) is 22.6 Å². The predicted octanol–water partition coefficient (Wildman–Crippen LogP) is 6.14. The molecule has 6 heteroatoms. The lowest BCUT2D eigenvalue weighted by molar-refractivity contribution is 0.170. The van der Waals surface area contributed by atoms with Gasteiger partial charge in [-0.2, -0.15) is 15.8 Å². The van der Waals surface area contributed by atoms with E-state index in [9.17, 15) is 15.8 Å². The zero-order valence-corrected chi connectivity index (χ0v) is 21.8. The number of fused-ring (bicyclic) bond motifs is 1. The summed E-state index contributed by atoms with van der Waals surface area (Å²) < 4.78 is 11.7. The van der Waals surface area contributed by atoms with Crippen molar-refractivity contribution < 1.29 is 9.47 Å². The molecular formula is C31H32N4O2. The van der Waals surface area contributed by atoms with Gasteiger partial charge in [0.15, 0.2) is 16.9 Å². The fourth-order valence-corrected chi connectivity index (χ4v) is 5.71. The maximum atomic E-state index is 10.4. The van der Waals surface area contributed by atoms with Crippen molar-refractivity contribution in [2.45, 2.75) is 46.1 Å². The molecule has 2 aliphatic rings. The van der Waals surface area contributed by atoms with E-state index in [2.05, 4.69) is 45.1 Å². The van der Waals surface area contributed by atoms with Gasteiger partial charge in [-0.25, -0.2) is 0 Å². The van der Waals surface area contributed by atoms with Crippen LogP contribution in [0.15, 0.2) is 71.5 Å². The fourth-order valence-electron chi connectivity index (χ4n) is 5.71. The van der Waals surface area contributed by atoms with Gasteiger partial charge in [0.05, 0.1) is 30.5 Å². The summed E-state index contributed by atoms with van der Waals surface area (Å²) in [5, 5.41) is 30.8. The van der Waals surface area contributed by atoms with Crippen LogP contribution in [0.2, 0.25) is 0 Å². The molecule has 2 aliphatic carbocycles. The molecule has 2 aromatic carbocycles. The van der Waals surface area contributed by atoms with E-state index in [1.165, 1.54) is 0 Å². The SMILES string of the molecule is COc1cc([C@H]2[C@@H]3C[C@H](C(C)(C)C)CC=C3C(C#N)=C(N)C2(C#N)C#N)ccc1OCc1ccccc1. The van der Waals surface area contributed by atoms with Crippen LogP contribution >= 0.6 is 0 Å². The van der Waals surface area contributed by atoms with Crippen molar-refractivity contribution in [2.75, 3.05) is 7.11 Å². The summed E-state index contributed by atoms with van der Waals surface area (Å²) in [5.41, 5.74) is 7.76. The second-order valence-electron chi connectivity index (χ2n) is 10.9. The summed E-state index contributed by atoms with van der Waals surface area (Å²) in [4.78, 5) is 0. The molecule has 6 nitrogen and oxygen atoms in total. The highest BCUT2D eigenvalue weighted by Gasteiger charge is 2.55. The normalized spacial score (nSPS) is 22.5. The third-order valence-electron chi connectivity index (χ3n) is 7.89. The van der Waals surface area contributed by atoms with Crippen LogP contribution in [0.25, 0.3) is 0 Å². The molecule has 0 radical (unpaired) electrons. The summed E-state index contributed by atoms with van der Waals surface area (Å²) in [6.07, 6.45) is 3.66. The lowest BCUT2D eigenvalue weighted by Crippen LogP contribution is -2.44. The Bertz CT molecular complexity index is 1350. The van der Waals surface area contributed by atoms with Crippen molar-refractivity contribution in [1.82, 2.24) is 0 Å². The van der Waals surface area contributed by atoms with E-state index in [0.717, 1.165) is 29.5 Å². The van der Waals surface area contributed by atoms with Crippen LogP contribution in [0.3, 0.4) is 0 Å². The molecule has 0 aliphatic heterocycles. The second-order valence-corrected chi connectivity index (χ2v) is 10.9. The van der Waals surface area contributed by atoms with Crippen molar-refractivity contribution in [2.24, 2.45) is 28.4 Å². The van der Waals surface area contributed by atoms with Gasteiger partial charge in [0.25, 0.3) is 0 Å². The number of hydrogen-bond donors (Lipinski definition) is 1. The molecule has 37 heavy (non-hydrogen) atoms. The number of allylic oxidation sites excluding steroid dienone is 4. The van der Waals surface area contributed by atoms with Crippen molar-refractivity contribution in [3.8, 4) is 29.7 Å². The van der Waals surface area contributed by atoms with E-state index < -0.39 is 11.3 Å². The first-order valence-electron chi connectivity index (χ1n) is 12.5. The standard InChI is InChI=1S/C31H32N4O2/c1-30(2,3)22-11-12-23-24(15-22)28(31(18-33,19-34)29(35)25(23)16-32)21-10-13-26(27(14-21)36-4)37-17-20-8-6-5-7-9-20/h5-10,12-14,22,24,28H,11,15,17,35H2,1-4H3/t22-,24-,28+/m1/s1. The zero-order chi connectivity index (χ0) is 26.8. The zero-order valence-electron chi connectivity index (χ0n) is 21.8. The van der Waals surface area contributed by atoms with Crippen LogP contribution in [0, 0.1) is 56.7 Å². The van der Waals surface area contributed by atoms with E-state index in [0.29, 0.717) is 24.0 Å². The number of nitriles is 3. The van der Waals surface area contributed by atoms with Gasteiger partial charge in [-0.3, -0.25) is 0 Å². The third kappa shape index (κ3) is 4.54. The summed E-state index contributed by atoms with van der Waals surface area (Å²) in [5.74, 6) is 0.640. The minimum atomic E-state index is -1.68. The molecule has 188 valence electrons. The molecule has 0 amide bonds. The maximum absolute atomic E-state index is 10.4. The molecule has 4 rings (SSSR count). The van der Waals surface area contributed by atoms with Crippen molar-refractivity contribution in [3.05, 3.63) is 82.6 Å². The van der Waals surface area contributed by atoms with Crippen LogP contribution in [0.4, 0.5) is 0 Å². The van der Waals surface area contributed by atoms with Crippen molar-refractivity contribution in [3.63, 3.8) is 0 Å². The van der Waals surface area contributed by atoms with E-state index in [4.69, 9.17) is 15.2 Å². The van der Waals surface area contributed by atoms with Gasteiger partial charge in [-0.1, -0.05) is 63.2 Å². The average molecular weight is 493 g/mol. The van der Waals surface area contributed by atoms with Crippen LogP contribution in [0.5, 0.6) is 11.5 Å². The number of rotatable bonds is 5. The Kier molecular flexibility index (Phi) is 7.02. The molecule has 0 spiro atoms. The summed E-state index contributed by atoms with van der Waals surface area (Å²) in [7, 11) is 1.57. The molecule has 0 bridgehead atoms. The Morgan fingerprint density at radius 2 is 1.73 bits per heavy atom. The van der Waals surface area contributed by atoms with Crippen LogP contribution in [-0.2, 0) is 6.61 Å². The van der Waals surface area contributed by atoms with E-state index >= 15 is 0 Å². The Hall–Kier alpha value is -4.21.